The average Bonchev–Trinajstić information content (AvgIpc) is 2.74. The van der Waals surface area contributed by atoms with E-state index >= 15 is 0 Å². The Kier molecular flexibility index (Phi) is 7.68. The van der Waals surface area contributed by atoms with Gasteiger partial charge in [0, 0.05) is 11.9 Å². The fourth-order valence-corrected chi connectivity index (χ4v) is 3.71. The van der Waals surface area contributed by atoms with E-state index in [0.717, 1.165) is 48.8 Å². The van der Waals surface area contributed by atoms with E-state index in [1.54, 1.807) is 33.9 Å². The van der Waals surface area contributed by atoms with Crippen LogP contribution < -0.4 is 5.32 Å². The maximum atomic E-state index is 12.3. The summed E-state index contributed by atoms with van der Waals surface area (Å²) in [6.07, 6.45) is 5.65. The maximum absolute atomic E-state index is 12.3. The van der Waals surface area contributed by atoms with Crippen LogP contribution in [0.25, 0.3) is 11.0 Å². The Bertz CT molecular complexity index is 1040. The van der Waals surface area contributed by atoms with Crippen molar-refractivity contribution >= 4 is 23.1 Å². The van der Waals surface area contributed by atoms with Crippen LogP contribution in [-0.2, 0) is 25.4 Å². The lowest BCUT2D eigenvalue weighted by Crippen LogP contribution is -2.41. The predicted octanol–water partition coefficient (Wildman–Crippen LogP) is 4.47. The number of hydrogen-bond donors (Lipinski definition) is 1. The zero-order valence-electron chi connectivity index (χ0n) is 20.1. The van der Waals surface area contributed by atoms with Gasteiger partial charge in [0.1, 0.15) is 11.3 Å². The number of methoxy groups -OCH3 is 1. The number of nitrogens with one attached hydrogen (secondary N) is 1. The minimum Gasteiger partial charge on any atom is -0.464 e. The van der Waals surface area contributed by atoms with Gasteiger partial charge < -0.3 is 14.2 Å². The van der Waals surface area contributed by atoms with Crippen molar-refractivity contribution in [3.63, 3.8) is 0 Å². The minimum absolute atomic E-state index is 0.0462. The second-order valence-electron chi connectivity index (χ2n) is 9.44. The molecule has 8 heteroatoms. The van der Waals surface area contributed by atoms with Crippen molar-refractivity contribution in [1.82, 2.24) is 15.3 Å². The molecule has 1 fully saturated rings. The van der Waals surface area contributed by atoms with E-state index in [-0.39, 0.29) is 17.9 Å². The fraction of sp³-hybridized carbons (Fsp3) is 0.520. The van der Waals surface area contributed by atoms with E-state index < -0.39 is 17.7 Å². The van der Waals surface area contributed by atoms with Gasteiger partial charge in [-0.3, -0.25) is 15.3 Å². The molecule has 2 aromatic rings. The summed E-state index contributed by atoms with van der Waals surface area (Å²) in [4.78, 5) is 33.5. The van der Waals surface area contributed by atoms with Gasteiger partial charge in [0.05, 0.1) is 30.4 Å². The molecule has 2 aromatic heterocycles. The molecule has 1 N–H and O–H groups in total. The normalized spacial score (nSPS) is 15.9. The molecule has 1 aliphatic carbocycles. The molecule has 0 aromatic carbocycles. The third-order valence-electron chi connectivity index (χ3n) is 5.65. The van der Waals surface area contributed by atoms with Gasteiger partial charge in [0.2, 0.25) is 0 Å². The lowest BCUT2D eigenvalue weighted by Gasteiger charge is -2.42. The standard InChI is InChI=1S/C25H33N3O5/c1-17(21(22(29)31-5)28-23(30)33-24(2,3)4)16-32-25(12-7-13-25)14-11-18-9-10-19-20(27-18)8-6-15-26-19/h6,8-10,15H,7,11-14,16H2,1-5H3,(H,28,30). The smallest absolute Gasteiger partial charge is 0.412 e. The van der Waals surface area contributed by atoms with Gasteiger partial charge in [-0.05, 0) is 89.6 Å². The van der Waals surface area contributed by atoms with E-state index in [2.05, 4.69) is 10.3 Å². The van der Waals surface area contributed by atoms with E-state index in [4.69, 9.17) is 19.2 Å². The molecule has 1 amide bonds. The average molecular weight is 456 g/mol. The highest BCUT2D eigenvalue weighted by atomic mass is 16.6. The van der Waals surface area contributed by atoms with Crippen molar-refractivity contribution in [2.45, 2.75) is 71.0 Å². The first-order valence-electron chi connectivity index (χ1n) is 11.2. The largest absolute Gasteiger partial charge is 0.464 e. The second kappa shape index (κ2) is 10.3. The van der Waals surface area contributed by atoms with Crippen molar-refractivity contribution in [3.8, 4) is 0 Å². The Morgan fingerprint density at radius 3 is 2.55 bits per heavy atom. The van der Waals surface area contributed by atoms with Gasteiger partial charge in [-0.25, -0.2) is 9.59 Å². The third-order valence-corrected chi connectivity index (χ3v) is 5.65. The number of alkyl carbamates (subject to hydrolysis) is 1. The minimum atomic E-state index is -0.711. The number of aromatic nitrogens is 2. The Hall–Kier alpha value is -3.00. The summed E-state index contributed by atoms with van der Waals surface area (Å²) in [5.41, 5.74) is 2.44. The third kappa shape index (κ3) is 6.74. The lowest BCUT2D eigenvalue weighted by molar-refractivity contribution is -0.137. The first kappa shape index (κ1) is 24.6. The van der Waals surface area contributed by atoms with Crippen LogP contribution in [0.4, 0.5) is 4.79 Å². The summed E-state index contributed by atoms with van der Waals surface area (Å²) >= 11 is 0. The molecule has 0 bridgehead atoms. The van der Waals surface area contributed by atoms with Crippen molar-refractivity contribution in [3.05, 3.63) is 47.4 Å². The van der Waals surface area contributed by atoms with Crippen molar-refractivity contribution in [1.29, 1.82) is 0 Å². The summed E-state index contributed by atoms with van der Waals surface area (Å²) in [5.74, 6) is -0.640. The Morgan fingerprint density at radius 1 is 1.15 bits per heavy atom. The highest BCUT2D eigenvalue weighted by Gasteiger charge is 2.38. The van der Waals surface area contributed by atoms with Crippen LogP contribution >= 0.6 is 0 Å². The van der Waals surface area contributed by atoms with Crippen molar-refractivity contribution < 1.29 is 23.8 Å². The number of aryl methyl sites for hydroxylation is 1. The topological polar surface area (TPSA) is 99.6 Å². The number of esters is 1. The highest BCUT2D eigenvalue weighted by Crippen LogP contribution is 2.40. The predicted molar refractivity (Wildman–Crippen MR) is 124 cm³/mol. The summed E-state index contributed by atoms with van der Waals surface area (Å²) in [5, 5.41) is 2.52. The molecule has 1 saturated carbocycles. The van der Waals surface area contributed by atoms with Crippen molar-refractivity contribution in [2.75, 3.05) is 13.7 Å². The van der Waals surface area contributed by atoms with E-state index in [1.807, 2.05) is 24.3 Å². The maximum Gasteiger partial charge on any atom is 0.412 e. The Labute approximate surface area is 194 Å². The number of hydrogen-bond acceptors (Lipinski definition) is 7. The van der Waals surface area contributed by atoms with Gasteiger partial charge >= 0.3 is 12.1 Å². The van der Waals surface area contributed by atoms with Crippen LogP contribution in [0.5, 0.6) is 0 Å². The number of ether oxygens (including phenoxy) is 3. The molecule has 0 saturated heterocycles. The second-order valence-corrected chi connectivity index (χ2v) is 9.44. The molecular formula is C25H33N3O5. The molecule has 3 rings (SSSR count). The molecule has 33 heavy (non-hydrogen) atoms. The Balaban J connectivity index is 1.65. The molecule has 0 aliphatic heterocycles. The van der Waals surface area contributed by atoms with Gasteiger partial charge in [-0.2, -0.15) is 0 Å². The zero-order valence-corrected chi connectivity index (χ0v) is 20.1. The first-order chi connectivity index (χ1) is 15.6. The summed E-state index contributed by atoms with van der Waals surface area (Å²) in [7, 11) is 1.27. The van der Waals surface area contributed by atoms with E-state index in [1.165, 1.54) is 7.11 Å². The van der Waals surface area contributed by atoms with Gasteiger partial charge in [0.25, 0.3) is 0 Å². The number of carbonyl (C=O) groups is 2. The number of amides is 1. The lowest BCUT2D eigenvalue weighted by atomic mass is 9.76. The molecule has 0 spiro atoms. The van der Waals surface area contributed by atoms with Gasteiger partial charge in [-0.15, -0.1) is 0 Å². The van der Waals surface area contributed by atoms with Gasteiger partial charge in [0.15, 0.2) is 0 Å². The van der Waals surface area contributed by atoms with Crippen LogP contribution in [0.15, 0.2) is 41.7 Å². The summed E-state index contributed by atoms with van der Waals surface area (Å²) in [6.45, 7) is 7.21. The molecule has 0 radical (unpaired) electrons. The van der Waals surface area contributed by atoms with Crippen LogP contribution in [-0.4, -0.2) is 46.9 Å². The summed E-state index contributed by atoms with van der Waals surface area (Å²) in [6, 6.07) is 7.84. The zero-order chi connectivity index (χ0) is 24.1. The van der Waals surface area contributed by atoms with Crippen LogP contribution in [0.3, 0.4) is 0 Å². The number of rotatable bonds is 8. The molecule has 1 aliphatic rings. The van der Waals surface area contributed by atoms with Crippen LogP contribution in [0.2, 0.25) is 0 Å². The molecular weight excluding hydrogens is 422 g/mol. The molecule has 8 nitrogen and oxygen atoms in total. The number of fused-ring (bicyclic) bond motifs is 1. The quantitative estimate of drug-likeness (QED) is 0.463. The monoisotopic (exact) mass is 455 g/mol. The molecule has 178 valence electrons. The van der Waals surface area contributed by atoms with E-state index in [0.29, 0.717) is 5.57 Å². The highest BCUT2D eigenvalue weighted by molar-refractivity contribution is 5.93. The SMILES string of the molecule is COC(=O)C(NC(=O)OC(C)(C)C)=C(C)COC1(CCc2ccc3ncccc3n2)CCC1. The molecule has 2 heterocycles. The number of pyridine rings is 2. The first-order valence-corrected chi connectivity index (χ1v) is 11.2. The summed E-state index contributed by atoms with van der Waals surface area (Å²) < 4.78 is 16.4. The number of carbonyl (C=O) groups excluding carboxylic acids is 2. The molecule has 0 atom stereocenters. The van der Waals surface area contributed by atoms with E-state index in [9.17, 15) is 9.59 Å². The Morgan fingerprint density at radius 2 is 1.91 bits per heavy atom. The number of nitrogens with zero attached hydrogens (tertiary/aromatic N) is 2. The fourth-order valence-electron chi connectivity index (χ4n) is 3.71. The van der Waals surface area contributed by atoms with Crippen LogP contribution in [0, 0.1) is 0 Å². The van der Waals surface area contributed by atoms with Crippen LogP contribution in [0.1, 0.15) is 59.1 Å². The van der Waals surface area contributed by atoms with Gasteiger partial charge in [-0.1, -0.05) is 0 Å². The molecule has 0 unspecified atom stereocenters. The van der Waals surface area contributed by atoms with Crippen molar-refractivity contribution in [2.24, 2.45) is 0 Å².